The Labute approximate surface area is 93.1 Å². The SMILES string of the molecule is CCC(C)(C)C1CCCCC1CC(=O)[O-]. The van der Waals surface area contributed by atoms with Crippen LogP contribution in [0.25, 0.3) is 0 Å². The molecule has 0 saturated heterocycles. The van der Waals surface area contributed by atoms with Gasteiger partial charge in [0.05, 0.1) is 0 Å². The standard InChI is InChI=1S/C13H24O2/c1-4-13(2,3)11-8-6-5-7-10(11)9-12(14)15/h10-11H,4-9H2,1-3H3,(H,14,15)/p-1. The van der Waals surface area contributed by atoms with Gasteiger partial charge in [0.25, 0.3) is 0 Å². The predicted molar refractivity (Wildman–Crippen MR) is 59.1 cm³/mol. The molecule has 0 amide bonds. The van der Waals surface area contributed by atoms with Crippen LogP contribution in [0.5, 0.6) is 0 Å². The van der Waals surface area contributed by atoms with E-state index in [0.29, 0.717) is 11.8 Å². The van der Waals surface area contributed by atoms with Gasteiger partial charge in [0.2, 0.25) is 0 Å². The van der Waals surface area contributed by atoms with Crippen LogP contribution in [-0.4, -0.2) is 5.97 Å². The summed E-state index contributed by atoms with van der Waals surface area (Å²) in [7, 11) is 0. The molecule has 0 aromatic carbocycles. The van der Waals surface area contributed by atoms with E-state index in [9.17, 15) is 9.90 Å². The maximum absolute atomic E-state index is 10.7. The van der Waals surface area contributed by atoms with Gasteiger partial charge in [0.1, 0.15) is 0 Å². The molecular formula is C13H23O2-. The molecule has 2 heteroatoms. The Kier molecular flexibility index (Phi) is 4.18. The van der Waals surface area contributed by atoms with E-state index in [1.54, 1.807) is 0 Å². The fourth-order valence-corrected chi connectivity index (χ4v) is 2.96. The predicted octanol–water partition coefficient (Wildman–Crippen LogP) is 2.37. The second-order valence-electron chi connectivity index (χ2n) is 5.57. The highest BCUT2D eigenvalue weighted by Crippen LogP contribution is 2.44. The molecule has 1 fully saturated rings. The third-order valence-electron chi connectivity index (χ3n) is 4.25. The molecule has 1 saturated carbocycles. The molecule has 2 atom stereocenters. The smallest absolute Gasteiger partial charge is 0.0417 e. The fraction of sp³-hybridized carbons (Fsp3) is 0.923. The molecule has 1 aliphatic rings. The van der Waals surface area contributed by atoms with Crippen molar-refractivity contribution in [1.29, 1.82) is 0 Å². The number of carboxylic acid groups (broad SMARTS) is 1. The molecular weight excluding hydrogens is 188 g/mol. The van der Waals surface area contributed by atoms with E-state index in [1.165, 1.54) is 19.3 Å². The summed E-state index contributed by atoms with van der Waals surface area (Å²) in [4.78, 5) is 10.7. The molecule has 0 spiro atoms. The summed E-state index contributed by atoms with van der Waals surface area (Å²) in [6.45, 7) is 6.74. The van der Waals surface area contributed by atoms with Crippen LogP contribution in [-0.2, 0) is 4.79 Å². The quantitative estimate of drug-likeness (QED) is 0.716. The highest BCUT2D eigenvalue weighted by atomic mass is 16.4. The van der Waals surface area contributed by atoms with Gasteiger partial charge in [-0.2, -0.15) is 0 Å². The average molecular weight is 211 g/mol. The van der Waals surface area contributed by atoms with E-state index >= 15 is 0 Å². The molecule has 0 heterocycles. The Balaban J connectivity index is 2.69. The lowest BCUT2D eigenvalue weighted by molar-refractivity contribution is -0.307. The Morgan fingerprint density at radius 1 is 1.33 bits per heavy atom. The maximum Gasteiger partial charge on any atom is 0.0417 e. The summed E-state index contributed by atoms with van der Waals surface area (Å²) < 4.78 is 0. The Bertz CT molecular complexity index is 221. The summed E-state index contributed by atoms with van der Waals surface area (Å²) in [5, 5.41) is 10.7. The number of carboxylic acids is 1. The number of rotatable bonds is 4. The van der Waals surface area contributed by atoms with Gasteiger partial charge in [-0.25, -0.2) is 0 Å². The lowest BCUT2D eigenvalue weighted by Gasteiger charge is -2.42. The number of carbonyl (C=O) groups is 1. The van der Waals surface area contributed by atoms with Crippen molar-refractivity contribution in [3.05, 3.63) is 0 Å². The van der Waals surface area contributed by atoms with Crippen molar-refractivity contribution in [3.63, 3.8) is 0 Å². The lowest BCUT2D eigenvalue weighted by Crippen LogP contribution is -2.36. The first-order valence-electron chi connectivity index (χ1n) is 6.17. The van der Waals surface area contributed by atoms with Crippen LogP contribution < -0.4 is 5.11 Å². The number of aliphatic carboxylic acids is 1. The van der Waals surface area contributed by atoms with Crippen LogP contribution in [0.3, 0.4) is 0 Å². The molecule has 1 rings (SSSR count). The molecule has 0 N–H and O–H groups in total. The highest BCUT2D eigenvalue weighted by Gasteiger charge is 2.35. The van der Waals surface area contributed by atoms with Gasteiger partial charge in [0, 0.05) is 5.97 Å². The van der Waals surface area contributed by atoms with E-state index in [4.69, 9.17) is 0 Å². The van der Waals surface area contributed by atoms with Crippen LogP contribution in [0, 0.1) is 17.3 Å². The monoisotopic (exact) mass is 211 g/mol. The van der Waals surface area contributed by atoms with Crippen molar-refractivity contribution < 1.29 is 9.90 Å². The Morgan fingerprint density at radius 2 is 1.93 bits per heavy atom. The van der Waals surface area contributed by atoms with Crippen LogP contribution in [0.4, 0.5) is 0 Å². The van der Waals surface area contributed by atoms with E-state index in [-0.39, 0.29) is 11.8 Å². The van der Waals surface area contributed by atoms with Crippen molar-refractivity contribution in [2.75, 3.05) is 0 Å². The van der Waals surface area contributed by atoms with Gasteiger partial charge >= 0.3 is 0 Å². The van der Waals surface area contributed by atoms with Gasteiger partial charge in [-0.15, -0.1) is 0 Å². The summed E-state index contributed by atoms with van der Waals surface area (Å²) >= 11 is 0. The first-order valence-corrected chi connectivity index (χ1v) is 6.17. The minimum Gasteiger partial charge on any atom is -0.550 e. The number of hydrogen-bond donors (Lipinski definition) is 0. The summed E-state index contributed by atoms with van der Waals surface area (Å²) in [5.41, 5.74) is 0.278. The minimum atomic E-state index is -0.876. The van der Waals surface area contributed by atoms with Crippen LogP contribution in [0.1, 0.15) is 59.3 Å². The zero-order valence-electron chi connectivity index (χ0n) is 10.2. The molecule has 2 nitrogen and oxygen atoms in total. The molecule has 0 aliphatic heterocycles. The largest absolute Gasteiger partial charge is 0.550 e. The van der Waals surface area contributed by atoms with Gasteiger partial charge in [0.15, 0.2) is 0 Å². The molecule has 88 valence electrons. The molecule has 2 unspecified atom stereocenters. The molecule has 0 radical (unpaired) electrons. The molecule has 1 aliphatic carbocycles. The van der Waals surface area contributed by atoms with Crippen molar-refractivity contribution in [2.24, 2.45) is 17.3 Å². The maximum atomic E-state index is 10.7. The van der Waals surface area contributed by atoms with E-state index in [0.717, 1.165) is 12.8 Å². The molecule has 0 aromatic rings. The zero-order chi connectivity index (χ0) is 11.5. The summed E-state index contributed by atoms with van der Waals surface area (Å²) in [5.74, 6) is 0.0339. The second-order valence-corrected chi connectivity index (χ2v) is 5.57. The van der Waals surface area contributed by atoms with E-state index < -0.39 is 5.97 Å². The van der Waals surface area contributed by atoms with Crippen molar-refractivity contribution in [3.8, 4) is 0 Å². The third-order valence-corrected chi connectivity index (χ3v) is 4.25. The average Bonchev–Trinajstić information content (AvgIpc) is 2.17. The van der Waals surface area contributed by atoms with Gasteiger partial charge in [-0.05, 0) is 36.5 Å². The highest BCUT2D eigenvalue weighted by molar-refractivity contribution is 5.64. The summed E-state index contributed by atoms with van der Waals surface area (Å²) in [6.07, 6.45) is 6.10. The first-order chi connectivity index (χ1) is 6.97. The lowest BCUT2D eigenvalue weighted by atomic mass is 9.63. The van der Waals surface area contributed by atoms with Crippen molar-refractivity contribution in [1.82, 2.24) is 0 Å². The van der Waals surface area contributed by atoms with Gasteiger partial charge in [-0.3, -0.25) is 0 Å². The summed E-state index contributed by atoms with van der Waals surface area (Å²) in [6, 6.07) is 0. The third kappa shape index (κ3) is 3.22. The minimum absolute atomic E-state index is 0.258. The van der Waals surface area contributed by atoms with Crippen LogP contribution in [0.15, 0.2) is 0 Å². The van der Waals surface area contributed by atoms with Gasteiger partial charge in [-0.1, -0.05) is 40.0 Å². The van der Waals surface area contributed by atoms with Crippen molar-refractivity contribution in [2.45, 2.75) is 59.3 Å². The normalized spacial score (nSPS) is 27.7. The van der Waals surface area contributed by atoms with E-state index in [2.05, 4.69) is 20.8 Å². The fourth-order valence-electron chi connectivity index (χ4n) is 2.96. The second kappa shape index (κ2) is 5.00. The van der Waals surface area contributed by atoms with Crippen LogP contribution >= 0.6 is 0 Å². The molecule has 15 heavy (non-hydrogen) atoms. The van der Waals surface area contributed by atoms with Crippen LogP contribution in [0.2, 0.25) is 0 Å². The number of hydrogen-bond acceptors (Lipinski definition) is 2. The Morgan fingerprint density at radius 3 is 2.47 bits per heavy atom. The topological polar surface area (TPSA) is 40.1 Å². The molecule has 0 bridgehead atoms. The number of carbonyl (C=O) groups excluding carboxylic acids is 1. The zero-order valence-corrected chi connectivity index (χ0v) is 10.2. The van der Waals surface area contributed by atoms with Crippen molar-refractivity contribution >= 4 is 5.97 Å². The Hall–Kier alpha value is -0.530. The molecule has 0 aromatic heterocycles. The van der Waals surface area contributed by atoms with Gasteiger partial charge < -0.3 is 9.90 Å². The van der Waals surface area contributed by atoms with E-state index in [1.807, 2.05) is 0 Å². The first kappa shape index (κ1) is 12.5.